The standard InChI is InChI=1S/C19H20O3/c1-4-14(13-19(20)22-3)15-9-11-16(12-10-15)17-7-5-6-8-18(17)21-2/h5-13H,4H2,1-3H3/b14-13+. The monoisotopic (exact) mass is 296 g/mol. The van der Waals surface area contributed by atoms with Crippen LogP contribution in [0.15, 0.2) is 54.6 Å². The quantitative estimate of drug-likeness (QED) is 0.608. The Hall–Kier alpha value is -2.55. The van der Waals surface area contributed by atoms with E-state index in [1.165, 1.54) is 13.2 Å². The summed E-state index contributed by atoms with van der Waals surface area (Å²) < 4.78 is 10.1. The third-order valence-corrected chi connectivity index (χ3v) is 3.55. The van der Waals surface area contributed by atoms with Gasteiger partial charge in [0, 0.05) is 11.6 Å². The first-order valence-electron chi connectivity index (χ1n) is 7.22. The van der Waals surface area contributed by atoms with Gasteiger partial charge >= 0.3 is 5.97 Å². The van der Waals surface area contributed by atoms with E-state index in [0.29, 0.717) is 0 Å². The number of ether oxygens (including phenoxy) is 2. The van der Waals surface area contributed by atoms with E-state index in [1.807, 2.05) is 55.5 Å². The van der Waals surface area contributed by atoms with Crippen molar-refractivity contribution in [2.75, 3.05) is 14.2 Å². The molecule has 0 aliphatic heterocycles. The number of esters is 1. The van der Waals surface area contributed by atoms with Gasteiger partial charge in [-0.05, 0) is 29.2 Å². The summed E-state index contributed by atoms with van der Waals surface area (Å²) in [6, 6.07) is 16.0. The smallest absolute Gasteiger partial charge is 0.330 e. The Morgan fingerprint density at radius 2 is 1.73 bits per heavy atom. The summed E-state index contributed by atoms with van der Waals surface area (Å²) in [6.45, 7) is 2.02. The summed E-state index contributed by atoms with van der Waals surface area (Å²) in [5, 5.41) is 0. The molecule has 114 valence electrons. The predicted octanol–water partition coefficient (Wildman–Crippen LogP) is 4.33. The highest BCUT2D eigenvalue weighted by molar-refractivity contribution is 5.91. The molecular weight excluding hydrogens is 276 g/mol. The van der Waals surface area contributed by atoms with Crippen molar-refractivity contribution in [3.8, 4) is 16.9 Å². The number of methoxy groups -OCH3 is 2. The molecule has 0 aliphatic rings. The van der Waals surface area contributed by atoms with Gasteiger partial charge in [0.15, 0.2) is 0 Å². The van der Waals surface area contributed by atoms with E-state index in [2.05, 4.69) is 0 Å². The highest BCUT2D eigenvalue weighted by Gasteiger charge is 2.07. The number of para-hydroxylation sites is 1. The molecule has 0 radical (unpaired) electrons. The van der Waals surface area contributed by atoms with E-state index < -0.39 is 0 Å². The zero-order chi connectivity index (χ0) is 15.9. The zero-order valence-corrected chi connectivity index (χ0v) is 13.1. The molecule has 2 aromatic rings. The second kappa shape index (κ2) is 7.46. The van der Waals surface area contributed by atoms with Crippen molar-refractivity contribution >= 4 is 11.5 Å². The molecule has 0 fully saturated rings. The first-order valence-corrected chi connectivity index (χ1v) is 7.22. The lowest BCUT2D eigenvalue weighted by atomic mass is 9.98. The molecule has 2 rings (SSSR count). The van der Waals surface area contributed by atoms with Crippen LogP contribution in [0.25, 0.3) is 16.7 Å². The van der Waals surface area contributed by atoms with Crippen molar-refractivity contribution in [2.45, 2.75) is 13.3 Å². The fraction of sp³-hybridized carbons (Fsp3) is 0.211. The molecule has 0 bridgehead atoms. The van der Waals surface area contributed by atoms with Crippen LogP contribution in [0.2, 0.25) is 0 Å². The summed E-state index contributed by atoms with van der Waals surface area (Å²) in [5.74, 6) is 0.515. The number of benzene rings is 2. The third-order valence-electron chi connectivity index (χ3n) is 3.55. The molecule has 0 aromatic heterocycles. The molecule has 0 unspecified atom stereocenters. The van der Waals surface area contributed by atoms with Crippen LogP contribution in [0.3, 0.4) is 0 Å². The number of carbonyl (C=O) groups is 1. The SMILES string of the molecule is CC/C(=C\C(=O)OC)c1ccc(-c2ccccc2OC)cc1. The largest absolute Gasteiger partial charge is 0.496 e. The molecule has 0 saturated heterocycles. The predicted molar refractivity (Wildman–Crippen MR) is 88.7 cm³/mol. The summed E-state index contributed by atoms with van der Waals surface area (Å²) >= 11 is 0. The lowest BCUT2D eigenvalue weighted by Crippen LogP contribution is -1.97. The molecule has 0 amide bonds. The van der Waals surface area contributed by atoms with Gasteiger partial charge in [-0.15, -0.1) is 0 Å². The second-order valence-electron chi connectivity index (χ2n) is 4.82. The summed E-state index contributed by atoms with van der Waals surface area (Å²) in [7, 11) is 3.05. The first-order chi connectivity index (χ1) is 10.7. The number of hydrogen-bond acceptors (Lipinski definition) is 3. The Morgan fingerprint density at radius 3 is 2.32 bits per heavy atom. The summed E-state index contributed by atoms with van der Waals surface area (Å²) in [6.07, 6.45) is 2.31. The van der Waals surface area contributed by atoms with Gasteiger partial charge in [-0.25, -0.2) is 4.79 Å². The number of allylic oxidation sites excluding steroid dienone is 1. The van der Waals surface area contributed by atoms with Gasteiger partial charge in [0.05, 0.1) is 14.2 Å². The van der Waals surface area contributed by atoms with E-state index in [1.54, 1.807) is 7.11 Å². The van der Waals surface area contributed by atoms with Crippen molar-refractivity contribution in [2.24, 2.45) is 0 Å². The van der Waals surface area contributed by atoms with Gasteiger partial charge in [-0.2, -0.15) is 0 Å². The molecule has 0 N–H and O–H groups in total. The summed E-state index contributed by atoms with van der Waals surface area (Å²) in [4.78, 5) is 11.4. The molecule has 3 heteroatoms. The van der Waals surface area contributed by atoms with Gasteiger partial charge in [0.1, 0.15) is 5.75 Å². The minimum Gasteiger partial charge on any atom is -0.496 e. The Bertz CT molecular complexity index is 669. The molecule has 0 aliphatic carbocycles. The van der Waals surface area contributed by atoms with E-state index in [9.17, 15) is 4.79 Å². The highest BCUT2D eigenvalue weighted by Crippen LogP contribution is 2.30. The van der Waals surface area contributed by atoms with Gasteiger partial charge in [-0.1, -0.05) is 49.4 Å². The average molecular weight is 296 g/mol. The molecular formula is C19H20O3. The third kappa shape index (κ3) is 3.55. The van der Waals surface area contributed by atoms with E-state index in [4.69, 9.17) is 9.47 Å². The molecule has 3 nitrogen and oxygen atoms in total. The van der Waals surface area contributed by atoms with Crippen molar-refractivity contribution in [1.29, 1.82) is 0 Å². The van der Waals surface area contributed by atoms with Crippen LogP contribution in [0.4, 0.5) is 0 Å². The molecule has 0 atom stereocenters. The van der Waals surface area contributed by atoms with Crippen LogP contribution in [0.5, 0.6) is 5.75 Å². The summed E-state index contributed by atoms with van der Waals surface area (Å²) in [5.41, 5.74) is 4.10. The van der Waals surface area contributed by atoms with Crippen LogP contribution in [-0.4, -0.2) is 20.2 Å². The van der Waals surface area contributed by atoms with Crippen LogP contribution in [-0.2, 0) is 9.53 Å². The van der Waals surface area contributed by atoms with Gasteiger partial charge in [-0.3, -0.25) is 0 Å². The molecule has 2 aromatic carbocycles. The Balaban J connectivity index is 2.34. The minimum absolute atomic E-state index is 0.328. The van der Waals surface area contributed by atoms with Gasteiger partial charge in [0.2, 0.25) is 0 Å². The van der Waals surface area contributed by atoms with Crippen molar-refractivity contribution < 1.29 is 14.3 Å². The average Bonchev–Trinajstić information content (AvgIpc) is 2.59. The van der Waals surface area contributed by atoms with E-state index in [0.717, 1.165) is 34.4 Å². The molecule has 0 spiro atoms. The van der Waals surface area contributed by atoms with Crippen molar-refractivity contribution in [3.63, 3.8) is 0 Å². The Kier molecular flexibility index (Phi) is 5.37. The lowest BCUT2D eigenvalue weighted by Gasteiger charge is -2.10. The highest BCUT2D eigenvalue weighted by atomic mass is 16.5. The normalized spacial score (nSPS) is 11.1. The Morgan fingerprint density at radius 1 is 1.05 bits per heavy atom. The van der Waals surface area contributed by atoms with Crippen molar-refractivity contribution in [3.05, 3.63) is 60.2 Å². The van der Waals surface area contributed by atoms with Crippen molar-refractivity contribution in [1.82, 2.24) is 0 Å². The van der Waals surface area contributed by atoms with E-state index >= 15 is 0 Å². The molecule has 0 saturated carbocycles. The maximum Gasteiger partial charge on any atom is 0.330 e. The number of hydrogen-bond donors (Lipinski definition) is 0. The maximum absolute atomic E-state index is 11.4. The number of rotatable bonds is 5. The maximum atomic E-state index is 11.4. The Labute approximate surface area is 131 Å². The van der Waals surface area contributed by atoms with Crippen LogP contribution >= 0.6 is 0 Å². The molecule has 22 heavy (non-hydrogen) atoms. The second-order valence-corrected chi connectivity index (χ2v) is 4.82. The van der Waals surface area contributed by atoms with Crippen LogP contribution in [0.1, 0.15) is 18.9 Å². The van der Waals surface area contributed by atoms with E-state index in [-0.39, 0.29) is 5.97 Å². The van der Waals surface area contributed by atoms with Crippen LogP contribution in [0, 0.1) is 0 Å². The van der Waals surface area contributed by atoms with Gasteiger partial charge < -0.3 is 9.47 Å². The zero-order valence-electron chi connectivity index (χ0n) is 13.1. The first kappa shape index (κ1) is 15.8. The van der Waals surface area contributed by atoms with Gasteiger partial charge in [0.25, 0.3) is 0 Å². The lowest BCUT2D eigenvalue weighted by molar-refractivity contribution is -0.134. The minimum atomic E-state index is -0.328. The fourth-order valence-electron chi connectivity index (χ4n) is 2.34. The number of carbonyl (C=O) groups excluding carboxylic acids is 1. The van der Waals surface area contributed by atoms with Crippen LogP contribution < -0.4 is 4.74 Å². The fourth-order valence-corrected chi connectivity index (χ4v) is 2.34. The topological polar surface area (TPSA) is 35.5 Å². The molecule has 0 heterocycles.